The lowest BCUT2D eigenvalue weighted by atomic mass is 10.4. The molecular weight excluding hydrogens is 246 g/mol. The number of hydrogen-bond donors (Lipinski definition) is 2. The molecule has 0 aliphatic carbocycles. The van der Waals surface area contributed by atoms with Crippen molar-refractivity contribution in [3.05, 3.63) is 18.3 Å². The molecule has 1 unspecified atom stereocenters. The number of hydrogen-bond acceptors (Lipinski definition) is 6. The Hall–Kier alpha value is -1.83. The Labute approximate surface area is 99.0 Å². The molecule has 17 heavy (non-hydrogen) atoms. The topological polar surface area (TPSA) is 111 Å². The molecule has 94 valence electrons. The van der Waals surface area contributed by atoms with Crippen molar-refractivity contribution in [3.8, 4) is 0 Å². The van der Waals surface area contributed by atoms with Crippen LogP contribution < -0.4 is 10.5 Å². The van der Waals surface area contributed by atoms with Gasteiger partial charge in [-0.3, -0.25) is 9.52 Å². The normalized spacial score (nSPS) is 12.8. The van der Waals surface area contributed by atoms with E-state index in [-0.39, 0.29) is 11.5 Å². The fraction of sp³-hybridized carbons (Fsp3) is 0.333. The van der Waals surface area contributed by atoms with Gasteiger partial charge in [0.25, 0.3) is 0 Å². The number of carbonyl (C=O) groups excluding carboxylic acids is 1. The Morgan fingerprint density at radius 2 is 2.18 bits per heavy atom. The summed E-state index contributed by atoms with van der Waals surface area (Å²) in [6.07, 6.45) is 1.26. The predicted octanol–water partition coefficient (Wildman–Crippen LogP) is -0.0330. The molecule has 0 aliphatic rings. The highest BCUT2D eigenvalue weighted by Crippen LogP contribution is 2.12. The Morgan fingerprint density at radius 3 is 2.65 bits per heavy atom. The van der Waals surface area contributed by atoms with Crippen molar-refractivity contribution in [1.82, 2.24) is 4.98 Å². The number of methoxy groups -OCH3 is 1. The molecule has 8 heteroatoms. The average molecular weight is 259 g/mol. The fourth-order valence-electron chi connectivity index (χ4n) is 1.01. The molecular formula is C9H13N3O4S. The number of nitrogens with one attached hydrogen (secondary N) is 1. The van der Waals surface area contributed by atoms with Gasteiger partial charge in [0.15, 0.2) is 5.25 Å². The molecule has 7 nitrogen and oxygen atoms in total. The van der Waals surface area contributed by atoms with Crippen LogP contribution in [-0.4, -0.2) is 31.7 Å². The first-order chi connectivity index (χ1) is 7.86. The van der Waals surface area contributed by atoms with Crippen LogP contribution in [0.3, 0.4) is 0 Å². The number of ether oxygens (including phenoxy) is 1. The largest absolute Gasteiger partial charge is 0.468 e. The first-order valence-electron chi connectivity index (χ1n) is 4.68. The maximum Gasteiger partial charge on any atom is 0.325 e. The van der Waals surface area contributed by atoms with Crippen LogP contribution in [0.15, 0.2) is 18.3 Å². The summed E-state index contributed by atoms with van der Waals surface area (Å²) in [5.74, 6) is -0.560. The molecule has 0 saturated carbocycles. The highest BCUT2D eigenvalue weighted by atomic mass is 32.2. The van der Waals surface area contributed by atoms with Gasteiger partial charge in [-0.25, -0.2) is 13.4 Å². The number of rotatable bonds is 4. The number of nitrogens with zero attached hydrogens (tertiary/aromatic N) is 1. The third-order valence-corrected chi connectivity index (χ3v) is 3.69. The van der Waals surface area contributed by atoms with Crippen LogP contribution in [0.5, 0.6) is 0 Å². The highest BCUT2D eigenvalue weighted by Gasteiger charge is 2.28. The summed E-state index contributed by atoms with van der Waals surface area (Å²) in [4.78, 5) is 14.8. The number of esters is 1. The minimum atomic E-state index is -3.84. The summed E-state index contributed by atoms with van der Waals surface area (Å²) in [6, 6.07) is 2.89. The van der Waals surface area contributed by atoms with E-state index in [4.69, 9.17) is 5.73 Å². The summed E-state index contributed by atoms with van der Waals surface area (Å²) >= 11 is 0. The zero-order chi connectivity index (χ0) is 13.1. The molecule has 0 fully saturated rings. The maximum absolute atomic E-state index is 11.7. The fourth-order valence-corrected chi connectivity index (χ4v) is 1.99. The molecule has 1 aromatic heterocycles. The standard InChI is InChI=1S/C9H13N3O4S/c1-6(9(13)16-2)17(14,15)12-7-3-4-8(10)11-5-7/h3-6,12H,1-2H3,(H2,10,11). The quantitative estimate of drug-likeness (QED) is 0.734. The van der Waals surface area contributed by atoms with Crippen LogP contribution in [0.25, 0.3) is 0 Å². The van der Waals surface area contributed by atoms with Crippen LogP contribution in [0.2, 0.25) is 0 Å². The van der Waals surface area contributed by atoms with Crippen molar-refractivity contribution in [2.45, 2.75) is 12.2 Å². The molecule has 0 spiro atoms. The summed E-state index contributed by atoms with van der Waals surface area (Å²) in [5.41, 5.74) is 5.59. The van der Waals surface area contributed by atoms with E-state index in [1.807, 2.05) is 0 Å². The molecule has 0 aliphatic heterocycles. The summed E-state index contributed by atoms with van der Waals surface area (Å²) in [6.45, 7) is 1.24. The molecule has 0 aromatic carbocycles. The predicted molar refractivity (Wildman–Crippen MR) is 62.7 cm³/mol. The van der Waals surface area contributed by atoms with Crippen molar-refractivity contribution in [2.24, 2.45) is 0 Å². The van der Waals surface area contributed by atoms with Gasteiger partial charge in [-0.2, -0.15) is 0 Å². The number of pyridine rings is 1. The van der Waals surface area contributed by atoms with Gasteiger partial charge in [0, 0.05) is 0 Å². The van der Waals surface area contributed by atoms with Gasteiger partial charge in [-0.1, -0.05) is 0 Å². The van der Waals surface area contributed by atoms with E-state index in [1.54, 1.807) is 0 Å². The average Bonchev–Trinajstić information content (AvgIpc) is 2.30. The zero-order valence-electron chi connectivity index (χ0n) is 9.38. The molecule has 1 atom stereocenters. The van der Waals surface area contributed by atoms with E-state index < -0.39 is 21.2 Å². The Balaban J connectivity index is 2.86. The van der Waals surface area contributed by atoms with Crippen molar-refractivity contribution in [1.29, 1.82) is 0 Å². The van der Waals surface area contributed by atoms with Gasteiger partial charge in [0.1, 0.15) is 5.82 Å². The highest BCUT2D eigenvalue weighted by molar-refractivity contribution is 7.94. The molecule has 0 saturated heterocycles. The van der Waals surface area contributed by atoms with Crippen LogP contribution in [0.1, 0.15) is 6.92 Å². The SMILES string of the molecule is COC(=O)C(C)S(=O)(=O)Nc1ccc(N)nc1. The number of aromatic nitrogens is 1. The van der Waals surface area contributed by atoms with E-state index >= 15 is 0 Å². The number of carbonyl (C=O) groups is 1. The van der Waals surface area contributed by atoms with Crippen LogP contribution in [0, 0.1) is 0 Å². The molecule has 3 N–H and O–H groups in total. The lowest BCUT2D eigenvalue weighted by molar-refractivity contribution is -0.139. The minimum Gasteiger partial charge on any atom is -0.468 e. The first-order valence-corrected chi connectivity index (χ1v) is 6.22. The third kappa shape index (κ3) is 3.31. The van der Waals surface area contributed by atoms with Gasteiger partial charge in [0.2, 0.25) is 10.0 Å². The Morgan fingerprint density at radius 1 is 1.53 bits per heavy atom. The molecule has 0 amide bonds. The van der Waals surface area contributed by atoms with Gasteiger partial charge in [0.05, 0.1) is 19.0 Å². The van der Waals surface area contributed by atoms with E-state index in [2.05, 4.69) is 14.4 Å². The van der Waals surface area contributed by atoms with Crippen LogP contribution in [-0.2, 0) is 19.6 Å². The number of anilines is 2. The van der Waals surface area contributed by atoms with Gasteiger partial charge < -0.3 is 10.5 Å². The summed E-state index contributed by atoms with van der Waals surface area (Å²) < 4.78 is 30.0. The van der Waals surface area contributed by atoms with Crippen molar-refractivity contribution in [3.63, 3.8) is 0 Å². The number of nitrogen functional groups attached to an aromatic ring is 1. The first kappa shape index (κ1) is 13.2. The molecule has 1 aromatic rings. The molecule has 1 rings (SSSR count). The van der Waals surface area contributed by atoms with Crippen LogP contribution >= 0.6 is 0 Å². The van der Waals surface area contributed by atoms with E-state index in [0.29, 0.717) is 0 Å². The second-order valence-corrected chi connectivity index (χ2v) is 5.29. The maximum atomic E-state index is 11.7. The Bertz CT molecular complexity index is 497. The van der Waals surface area contributed by atoms with Gasteiger partial charge in [-0.05, 0) is 19.1 Å². The Kier molecular flexibility index (Phi) is 3.89. The molecule has 1 heterocycles. The third-order valence-electron chi connectivity index (χ3n) is 2.05. The van der Waals surface area contributed by atoms with Crippen molar-refractivity contribution in [2.75, 3.05) is 17.6 Å². The summed E-state index contributed by atoms with van der Waals surface area (Å²) in [5, 5.41) is -1.30. The minimum absolute atomic E-state index is 0.231. The zero-order valence-corrected chi connectivity index (χ0v) is 10.2. The molecule has 0 bridgehead atoms. The van der Waals surface area contributed by atoms with E-state index in [0.717, 1.165) is 7.11 Å². The lowest BCUT2D eigenvalue weighted by Crippen LogP contribution is -2.33. The van der Waals surface area contributed by atoms with Gasteiger partial charge in [-0.15, -0.1) is 0 Å². The van der Waals surface area contributed by atoms with Crippen molar-refractivity contribution >= 4 is 27.5 Å². The second-order valence-electron chi connectivity index (χ2n) is 3.28. The second kappa shape index (κ2) is 5.00. The lowest BCUT2D eigenvalue weighted by Gasteiger charge is -2.12. The number of nitrogens with two attached hydrogens (primary N) is 1. The monoisotopic (exact) mass is 259 g/mol. The smallest absolute Gasteiger partial charge is 0.325 e. The van der Waals surface area contributed by atoms with Crippen molar-refractivity contribution < 1.29 is 17.9 Å². The van der Waals surface area contributed by atoms with Crippen LogP contribution in [0.4, 0.5) is 11.5 Å². The molecule has 0 radical (unpaired) electrons. The van der Waals surface area contributed by atoms with Gasteiger partial charge >= 0.3 is 5.97 Å². The van der Waals surface area contributed by atoms with E-state index in [1.165, 1.54) is 25.3 Å². The summed E-state index contributed by atoms with van der Waals surface area (Å²) in [7, 11) is -2.72. The van der Waals surface area contributed by atoms with E-state index in [9.17, 15) is 13.2 Å². The number of sulfonamides is 1.